The van der Waals surface area contributed by atoms with Gasteiger partial charge in [0.15, 0.2) is 5.82 Å². The number of amides is 1. The summed E-state index contributed by atoms with van der Waals surface area (Å²) in [6.45, 7) is 11.1. The standard InChI is InChI=1S/C29H35N5O2/c1-21-7-10-25(11-8-21)36-28-27(30-12-13-31-28)34-14-4-5-24(20-34)29(35)33-17-15-32(16-18-33)26-19-22(2)6-9-23(26)3/h6-13,19,24H,4-5,14-18,20H2,1-3H3. The molecule has 2 aliphatic rings. The Morgan fingerprint density at radius 1 is 0.861 bits per heavy atom. The zero-order valence-corrected chi connectivity index (χ0v) is 21.5. The Balaban J connectivity index is 1.23. The van der Waals surface area contributed by atoms with Crippen LogP contribution in [0.3, 0.4) is 0 Å². The number of aryl methyl sites for hydroxylation is 3. The number of carbonyl (C=O) groups is 1. The minimum absolute atomic E-state index is 0.0414. The Hall–Kier alpha value is -3.61. The molecule has 1 atom stereocenters. The van der Waals surface area contributed by atoms with E-state index in [-0.39, 0.29) is 11.8 Å². The third-order valence-electron chi connectivity index (χ3n) is 7.25. The summed E-state index contributed by atoms with van der Waals surface area (Å²) in [5, 5.41) is 0. The molecular formula is C29H35N5O2. The summed E-state index contributed by atoms with van der Waals surface area (Å²) < 4.78 is 6.09. The van der Waals surface area contributed by atoms with E-state index in [1.807, 2.05) is 31.2 Å². The Morgan fingerprint density at radius 3 is 2.36 bits per heavy atom. The van der Waals surface area contributed by atoms with Crippen LogP contribution in [0.4, 0.5) is 11.5 Å². The largest absolute Gasteiger partial charge is 0.436 e. The van der Waals surface area contributed by atoms with Gasteiger partial charge in [-0.1, -0.05) is 29.8 Å². The maximum atomic E-state index is 13.5. The van der Waals surface area contributed by atoms with Gasteiger partial charge in [0.25, 0.3) is 5.88 Å². The summed E-state index contributed by atoms with van der Waals surface area (Å²) in [6, 6.07) is 14.5. The fraction of sp³-hybridized carbons (Fsp3) is 0.414. The lowest BCUT2D eigenvalue weighted by Crippen LogP contribution is -2.52. The summed E-state index contributed by atoms with van der Waals surface area (Å²) in [7, 11) is 0. The van der Waals surface area contributed by atoms with Gasteiger partial charge in [-0.25, -0.2) is 9.97 Å². The molecule has 0 radical (unpaired) electrons. The number of aromatic nitrogens is 2. The van der Waals surface area contributed by atoms with E-state index in [0.29, 0.717) is 18.2 Å². The number of carbonyl (C=O) groups excluding carboxylic acids is 1. The molecule has 0 bridgehead atoms. The van der Waals surface area contributed by atoms with Crippen molar-refractivity contribution < 1.29 is 9.53 Å². The summed E-state index contributed by atoms with van der Waals surface area (Å²) in [4.78, 5) is 29.2. The zero-order chi connectivity index (χ0) is 25.1. The van der Waals surface area contributed by atoms with Gasteiger partial charge in [-0.3, -0.25) is 4.79 Å². The molecule has 0 N–H and O–H groups in total. The molecule has 1 amide bonds. The summed E-state index contributed by atoms with van der Waals surface area (Å²) >= 11 is 0. The van der Waals surface area contributed by atoms with Gasteiger partial charge in [-0.15, -0.1) is 0 Å². The first-order valence-electron chi connectivity index (χ1n) is 12.9. The molecule has 0 aliphatic carbocycles. The van der Waals surface area contributed by atoms with Crippen LogP contribution in [0.5, 0.6) is 11.6 Å². The number of hydrogen-bond donors (Lipinski definition) is 0. The predicted molar refractivity (Wildman–Crippen MR) is 143 cm³/mol. The molecule has 7 heteroatoms. The molecule has 1 aromatic heterocycles. The molecule has 7 nitrogen and oxygen atoms in total. The minimum Gasteiger partial charge on any atom is -0.436 e. The Labute approximate surface area is 213 Å². The van der Waals surface area contributed by atoms with Gasteiger partial charge in [0, 0.05) is 57.3 Å². The number of hydrogen-bond acceptors (Lipinski definition) is 6. The third kappa shape index (κ3) is 5.30. The lowest BCUT2D eigenvalue weighted by molar-refractivity contribution is -0.136. The smallest absolute Gasteiger partial charge is 0.263 e. The van der Waals surface area contributed by atoms with Crippen molar-refractivity contribution in [3.8, 4) is 11.6 Å². The number of ether oxygens (including phenoxy) is 1. The second-order valence-electron chi connectivity index (χ2n) is 9.99. The average molecular weight is 486 g/mol. The lowest BCUT2D eigenvalue weighted by Gasteiger charge is -2.40. The molecule has 2 saturated heterocycles. The normalized spacial score (nSPS) is 18.3. The molecule has 36 heavy (non-hydrogen) atoms. The molecule has 0 saturated carbocycles. The van der Waals surface area contributed by atoms with E-state index in [9.17, 15) is 4.79 Å². The molecule has 1 unspecified atom stereocenters. The first-order valence-corrected chi connectivity index (χ1v) is 12.9. The number of piperazine rings is 1. The summed E-state index contributed by atoms with van der Waals surface area (Å²) in [5.74, 6) is 2.13. The monoisotopic (exact) mass is 485 g/mol. The molecule has 2 aliphatic heterocycles. The van der Waals surface area contributed by atoms with E-state index >= 15 is 0 Å². The van der Waals surface area contributed by atoms with Gasteiger partial charge in [0.1, 0.15) is 5.75 Å². The van der Waals surface area contributed by atoms with E-state index in [4.69, 9.17) is 4.74 Å². The van der Waals surface area contributed by atoms with Gasteiger partial charge < -0.3 is 19.4 Å². The maximum absolute atomic E-state index is 13.5. The summed E-state index contributed by atoms with van der Waals surface area (Å²) in [5.41, 5.74) is 5.02. The third-order valence-corrected chi connectivity index (χ3v) is 7.25. The van der Waals surface area contributed by atoms with Gasteiger partial charge in [0.05, 0.1) is 5.92 Å². The van der Waals surface area contributed by atoms with Crippen molar-refractivity contribution in [1.29, 1.82) is 0 Å². The van der Waals surface area contributed by atoms with E-state index < -0.39 is 0 Å². The summed E-state index contributed by atoms with van der Waals surface area (Å²) in [6.07, 6.45) is 5.19. The topological polar surface area (TPSA) is 61.8 Å². The van der Waals surface area contributed by atoms with Crippen molar-refractivity contribution >= 4 is 17.4 Å². The van der Waals surface area contributed by atoms with E-state index in [1.165, 1.54) is 22.4 Å². The maximum Gasteiger partial charge on any atom is 0.263 e. The molecular weight excluding hydrogens is 450 g/mol. The SMILES string of the molecule is Cc1ccc(Oc2nccnc2N2CCCC(C(=O)N3CCN(c4cc(C)ccc4C)CC3)C2)cc1. The number of nitrogens with zero attached hydrogens (tertiary/aromatic N) is 5. The van der Waals surface area contributed by atoms with Gasteiger partial charge in [-0.05, 0) is 62.9 Å². The highest BCUT2D eigenvalue weighted by Crippen LogP contribution is 2.32. The molecule has 2 aromatic carbocycles. The quantitative estimate of drug-likeness (QED) is 0.519. The Morgan fingerprint density at radius 2 is 1.58 bits per heavy atom. The van der Waals surface area contributed by atoms with Crippen LogP contribution in [0.25, 0.3) is 0 Å². The van der Waals surface area contributed by atoms with Gasteiger partial charge in [0.2, 0.25) is 5.91 Å². The van der Waals surface area contributed by atoms with Gasteiger partial charge in [-0.2, -0.15) is 0 Å². The van der Waals surface area contributed by atoms with E-state index in [0.717, 1.165) is 51.3 Å². The first kappa shape index (κ1) is 24.1. The van der Waals surface area contributed by atoms with Crippen LogP contribution in [0.2, 0.25) is 0 Å². The molecule has 3 aromatic rings. The molecule has 3 heterocycles. The molecule has 5 rings (SSSR count). The lowest BCUT2D eigenvalue weighted by atomic mass is 9.96. The fourth-order valence-corrected chi connectivity index (χ4v) is 5.18. The van der Waals surface area contributed by atoms with E-state index in [2.05, 4.69) is 56.7 Å². The van der Waals surface area contributed by atoms with Crippen LogP contribution in [0, 0.1) is 26.7 Å². The second-order valence-corrected chi connectivity index (χ2v) is 9.99. The zero-order valence-electron chi connectivity index (χ0n) is 21.5. The van der Waals surface area contributed by atoms with Crippen molar-refractivity contribution in [3.63, 3.8) is 0 Å². The van der Waals surface area contributed by atoms with Crippen molar-refractivity contribution in [2.45, 2.75) is 33.6 Å². The Kier molecular flexibility index (Phi) is 7.07. The van der Waals surface area contributed by atoms with Crippen LogP contribution in [-0.4, -0.2) is 60.0 Å². The highest BCUT2D eigenvalue weighted by molar-refractivity contribution is 5.80. The van der Waals surface area contributed by atoms with Crippen molar-refractivity contribution in [2.24, 2.45) is 5.92 Å². The van der Waals surface area contributed by atoms with Gasteiger partial charge >= 0.3 is 0 Å². The Bertz CT molecular complexity index is 1200. The van der Waals surface area contributed by atoms with Crippen molar-refractivity contribution in [1.82, 2.24) is 14.9 Å². The highest BCUT2D eigenvalue weighted by Gasteiger charge is 2.33. The van der Waals surface area contributed by atoms with Crippen LogP contribution in [0.1, 0.15) is 29.5 Å². The van der Waals surface area contributed by atoms with Crippen molar-refractivity contribution in [3.05, 3.63) is 71.5 Å². The number of piperidine rings is 1. The molecule has 0 spiro atoms. The van der Waals surface area contributed by atoms with Crippen LogP contribution in [0.15, 0.2) is 54.9 Å². The average Bonchev–Trinajstić information content (AvgIpc) is 2.91. The number of rotatable bonds is 5. The predicted octanol–water partition coefficient (Wildman–Crippen LogP) is 4.76. The first-order chi connectivity index (χ1) is 17.5. The van der Waals surface area contributed by atoms with E-state index in [1.54, 1.807) is 12.4 Å². The second kappa shape index (κ2) is 10.6. The fourth-order valence-electron chi connectivity index (χ4n) is 5.18. The molecule has 2 fully saturated rings. The highest BCUT2D eigenvalue weighted by atomic mass is 16.5. The minimum atomic E-state index is -0.0414. The van der Waals surface area contributed by atoms with Crippen LogP contribution in [-0.2, 0) is 4.79 Å². The number of anilines is 2. The number of benzene rings is 2. The van der Waals surface area contributed by atoms with Crippen molar-refractivity contribution in [2.75, 3.05) is 49.1 Å². The van der Waals surface area contributed by atoms with Crippen LogP contribution < -0.4 is 14.5 Å². The van der Waals surface area contributed by atoms with Crippen LogP contribution >= 0.6 is 0 Å². The molecule has 188 valence electrons.